The van der Waals surface area contributed by atoms with Crippen LogP contribution < -0.4 is 5.32 Å². The first-order valence-electron chi connectivity index (χ1n) is 6.67. The quantitative estimate of drug-likeness (QED) is 0.862. The summed E-state index contributed by atoms with van der Waals surface area (Å²) in [4.78, 5) is 18.3. The van der Waals surface area contributed by atoms with Gasteiger partial charge in [-0.2, -0.15) is 0 Å². The normalized spacial score (nSPS) is 32.8. The lowest BCUT2D eigenvalue weighted by atomic mass is 9.71. The maximum atomic E-state index is 12.2. The number of ether oxygens (including phenoxy) is 1. The lowest BCUT2D eigenvalue weighted by Gasteiger charge is -2.50. The molecule has 2 heterocycles. The molecule has 2 aliphatic rings. The van der Waals surface area contributed by atoms with E-state index in [1.807, 2.05) is 14.1 Å². The van der Waals surface area contributed by atoms with Gasteiger partial charge >= 0.3 is 0 Å². The molecule has 19 heavy (non-hydrogen) atoms. The molecule has 4 unspecified atom stereocenters. The van der Waals surface area contributed by atoms with Gasteiger partial charge in [-0.05, 0) is 32.6 Å². The summed E-state index contributed by atoms with van der Waals surface area (Å²) in [5.41, 5.74) is 0.662. The zero-order valence-electron chi connectivity index (χ0n) is 11.2. The highest BCUT2D eigenvalue weighted by Crippen LogP contribution is 2.41. The number of nitrogens with zero attached hydrogens (tertiary/aromatic N) is 2. The molecule has 5 nitrogen and oxygen atoms in total. The van der Waals surface area contributed by atoms with Crippen molar-refractivity contribution in [3.63, 3.8) is 0 Å². The summed E-state index contributed by atoms with van der Waals surface area (Å²) < 4.78 is 5.74. The smallest absolute Gasteiger partial charge is 0.251 e. The van der Waals surface area contributed by atoms with Crippen molar-refractivity contribution in [1.82, 2.24) is 15.2 Å². The van der Waals surface area contributed by atoms with Gasteiger partial charge in [0.2, 0.25) is 0 Å². The highest BCUT2D eigenvalue weighted by molar-refractivity contribution is 5.94. The first-order valence-corrected chi connectivity index (χ1v) is 6.67. The Morgan fingerprint density at radius 2 is 2.16 bits per heavy atom. The Balaban J connectivity index is 1.70. The summed E-state index contributed by atoms with van der Waals surface area (Å²) >= 11 is 0. The van der Waals surface area contributed by atoms with Crippen LogP contribution in [0.1, 0.15) is 16.8 Å². The number of rotatable bonds is 3. The van der Waals surface area contributed by atoms with Gasteiger partial charge in [0.15, 0.2) is 0 Å². The van der Waals surface area contributed by atoms with Crippen LogP contribution >= 0.6 is 0 Å². The average Bonchev–Trinajstić information content (AvgIpc) is 2.80. The monoisotopic (exact) mass is 261 g/mol. The van der Waals surface area contributed by atoms with E-state index in [-0.39, 0.29) is 24.1 Å². The standard InChI is InChI=1S/C14H19N3O2/c1-17(2)12-11(10-5-8-19-13(10)12)16-14(18)9-3-6-15-7-4-9/h3-4,6-7,10-13H,5,8H2,1-2H3,(H,16,18). The third kappa shape index (κ3) is 2.13. The molecule has 1 saturated carbocycles. The molecular weight excluding hydrogens is 242 g/mol. The second kappa shape index (κ2) is 4.90. The Kier molecular flexibility index (Phi) is 3.24. The third-order valence-corrected chi connectivity index (χ3v) is 4.19. The topological polar surface area (TPSA) is 54.5 Å². The van der Waals surface area contributed by atoms with Gasteiger partial charge in [0.1, 0.15) is 0 Å². The van der Waals surface area contributed by atoms with Crippen molar-refractivity contribution >= 4 is 5.91 Å². The van der Waals surface area contributed by atoms with Gasteiger partial charge in [0.25, 0.3) is 5.91 Å². The van der Waals surface area contributed by atoms with Crippen LogP contribution in [0.25, 0.3) is 0 Å². The van der Waals surface area contributed by atoms with E-state index in [1.165, 1.54) is 0 Å². The van der Waals surface area contributed by atoms with Crippen molar-refractivity contribution in [2.75, 3.05) is 20.7 Å². The number of pyridine rings is 1. The summed E-state index contributed by atoms with van der Waals surface area (Å²) in [7, 11) is 4.07. The first kappa shape index (κ1) is 12.6. The number of likely N-dealkylation sites (N-methyl/N-ethyl adjacent to an activating group) is 1. The predicted octanol–water partition coefficient (Wildman–Crippen LogP) is 0.529. The SMILES string of the molecule is CN(C)C1C(NC(=O)c2ccncc2)C2CCOC21. The lowest BCUT2D eigenvalue weighted by molar-refractivity contribution is -0.0664. The largest absolute Gasteiger partial charge is 0.376 e. The van der Waals surface area contributed by atoms with Gasteiger partial charge in [-0.15, -0.1) is 0 Å². The van der Waals surface area contributed by atoms with E-state index >= 15 is 0 Å². The number of aromatic nitrogens is 1. The van der Waals surface area contributed by atoms with Crippen molar-refractivity contribution in [2.45, 2.75) is 24.6 Å². The van der Waals surface area contributed by atoms with E-state index in [9.17, 15) is 4.79 Å². The molecule has 1 N–H and O–H groups in total. The molecule has 1 aliphatic carbocycles. The van der Waals surface area contributed by atoms with Crippen molar-refractivity contribution in [3.05, 3.63) is 30.1 Å². The minimum atomic E-state index is -0.0235. The molecule has 1 saturated heterocycles. The zero-order chi connectivity index (χ0) is 13.4. The molecule has 102 valence electrons. The maximum Gasteiger partial charge on any atom is 0.251 e. The molecule has 5 heteroatoms. The summed E-state index contributed by atoms with van der Waals surface area (Å²) in [5.74, 6) is 0.433. The zero-order valence-corrected chi connectivity index (χ0v) is 11.2. The van der Waals surface area contributed by atoms with E-state index in [4.69, 9.17) is 4.74 Å². The Hall–Kier alpha value is -1.46. The van der Waals surface area contributed by atoms with Gasteiger partial charge in [0.05, 0.1) is 18.2 Å². The molecule has 0 aromatic carbocycles. The summed E-state index contributed by atoms with van der Waals surface area (Å²) in [6.45, 7) is 0.807. The molecule has 1 aromatic rings. The third-order valence-electron chi connectivity index (χ3n) is 4.19. The van der Waals surface area contributed by atoms with Crippen molar-refractivity contribution < 1.29 is 9.53 Å². The number of nitrogens with one attached hydrogen (secondary N) is 1. The summed E-state index contributed by atoms with van der Waals surface area (Å²) in [5, 5.41) is 3.15. The predicted molar refractivity (Wildman–Crippen MR) is 70.8 cm³/mol. The van der Waals surface area contributed by atoms with Gasteiger partial charge in [-0.1, -0.05) is 0 Å². The fraction of sp³-hybridized carbons (Fsp3) is 0.571. The van der Waals surface area contributed by atoms with Crippen LogP contribution in [0.2, 0.25) is 0 Å². The van der Waals surface area contributed by atoms with E-state index in [2.05, 4.69) is 15.2 Å². The Labute approximate surface area is 113 Å². The Morgan fingerprint density at radius 1 is 1.42 bits per heavy atom. The highest BCUT2D eigenvalue weighted by Gasteiger charge is 2.55. The molecule has 3 rings (SSSR count). The van der Waals surface area contributed by atoms with Crippen LogP contribution in [0.4, 0.5) is 0 Å². The average molecular weight is 261 g/mol. The molecule has 1 amide bonds. The highest BCUT2D eigenvalue weighted by atomic mass is 16.5. The van der Waals surface area contributed by atoms with Gasteiger partial charge in [-0.3, -0.25) is 9.78 Å². The van der Waals surface area contributed by atoms with Gasteiger partial charge in [-0.25, -0.2) is 0 Å². The minimum Gasteiger partial charge on any atom is -0.376 e. The molecule has 4 atom stereocenters. The van der Waals surface area contributed by atoms with E-state index in [0.29, 0.717) is 11.5 Å². The number of carbonyl (C=O) groups is 1. The number of hydrogen-bond acceptors (Lipinski definition) is 4. The van der Waals surface area contributed by atoms with Crippen molar-refractivity contribution in [1.29, 1.82) is 0 Å². The second-order valence-electron chi connectivity index (χ2n) is 5.48. The first-order chi connectivity index (χ1) is 9.18. The van der Waals surface area contributed by atoms with Gasteiger partial charge < -0.3 is 15.0 Å². The molecule has 0 bridgehead atoms. The van der Waals surface area contributed by atoms with Crippen molar-refractivity contribution in [2.24, 2.45) is 5.92 Å². The Morgan fingerprint density at radius 3 is 2.84 bits per heavy atom. The lowest BCUT2D eigenvalue weighted by Crippen LogP contribution is -2.69. The van der Waals surface area contributed by atoms with Gasteiger partial charge in [0, 0.05) is 30.5 Å². The molecular formula is C14H19N3O2. The molecule has 0 radical (unpaired) electrons. The van der Waals surface area contributed by atoms with E-state index in [0.717, 1.165) is 13.0 Å². The fourth-order valence-corrected chi connectivity index (χ4v) is 3.22. The van der Waals surface area contributed by atoms with Crippen molar-refractivity contribution in [3.8, 4) is 0 Å². The number of hydrogen-bond donors (Lipinski definition) is 1. The van der Waals surface area contributed by atoms with Crippen LogP contribution in [0.5, 0.6) is 0 Å². The van der Waals surface area contributed by atoms with E-state index in [1.54, 1.807) is 24.5 Å². The van der Waals surface area contributed by atoms with Crippen LogP contribution in [-0.2, 0) is 4.74 Å². The molecule has 1 aromatic heterocycles. The molecule has 1 aliphatic heterocycles. The number of fused-ring (bicyclic) bond motifs is 1. The Bertz CT molecular complexity index is 463. The molecule has 2 fully saturated rings. The summed E-state index contributed by atoms with van der Waals surface area (Å²) in [6, 6.07) is 3.93. The number of carbonyl (C=O) groups excluding carboxylic acids is 1. The van der Waals surface area contributed by atoms with Crippen LogP contribution in [0.15, 0.2) is 24.5 Å². The molecule has 0 spiro atoms. The second-order valence-corrected chi connectivity index (χ2v) is 5.48. The van der Waals surface area contributed by atoms with Crippen LogP contribution in [0, 0.1) is 5.92 Å². The van der Waals surface area contributed by atoms with Crippen LogP contribution in [-0.4, -0.2) is 54.7 Å². The minimum absolute atomic E-state index is 0.0235. The number of amides is 1. The van der Waals surface area contributed by atoms with Crippen LogP contribution in [0.3, 0.4) is 0 Å². The van der Waals surface area contributed by atoms with E-state index < -0.39 is 0 Å². The fourth-order valence-electron chi connectivity index (χ4n) is 3.22. The maximum absolute atomic E-state index is 12.2. The summed E-state index contributed by atoms with van der Waals surface area (Å²) in [6.07, 6.45) is 4.59.